The molecule has 5 nitrogen and oxygen atoms in total. The molecule has 0 saturated heterocycles. The molecule has 6 heteroatoms. The first-order chi connectivity index (χ1) is 9.58. The molecule has 0 heterocycles. The lowest BCUT2D eigenvalue weighted by molar-refractivity contribution is -0.384. The van der Waals surface area contributed by atoms with E-state index < -0.39 is 4.92 Å². The highest BCUT2D eigenvalue weighted by Crippen LogP contribution is 2.30. The lowest BCUT2D eigenvalue weighted by Gasteiger charge is -2.19. The molecule has 112 valence electrons. The van der Waals surface area contributed by atoms with Crippen LogP contribution >= 0.6 is 11.6 Å². The van der Waals surface area contributed by atoms with E-state index in [1.165, 1.54) is 18.2 Å². The summed E-state index contributed by atoms with van der Waals surface area (Å²) in [7, 11) is 1.89. The average Bonchev–Trinajstić information content (AvgIpc) is 2.43. The predicted octanol–water partition coefficient (Wildman–Crippen LogP) is 3.80. The Labute approximate surface area is 124 Å². The maximum absolute atomic E-state index is 10.8. The summed E-state index contributed by atoms with van der Waals surface area (Å²) in [5, 5.41) is 14.3. The number of nitro groups is 1. The fourth-order valence-corrected chi connectivity index (χ4v) is 2.04. The first kappa shape index (κ1) is 16.7. The van der Waals surface area contributed by atoms with Crippen molar-refractivity contribution in [2.45, 2.75) is 38.7 Å². The van der Waals surface area contributed by atoms with Gasteiger partial charge in [0.15, 0.2) is 0 Å². The van der Waals surface area contributed by atoms with Crippen LogP contribution in [0.25, 0.3) is 0 Å². The SMILES string of the molecule is CCCCC(CCNC)Oc1cc([N+](=O)[O-])ccc1Cl. The summed E-state index contributed by atoms with van der Waals surface area (Å²) in [4.78, 5) is 10.3. The molecule has 20 heavy (non-hydrogen) atoms. The molecule has 1 unspecified atom stereocenters. The summed E-state index contributed by atoms with van der Waals surface area (Å²) in [6.45, 7) is 2.95. The van der Waals surface area contributed by atoms with Crippen molar-refractivity contribution in [3.05, 3.63) is 33.3 Å². The van der Waals surface area contributed by atoms with E-state index in [-0.39, 0.29) is 11.8 Å². The van der Waals surface area contributed by atoms with Gasteiger partial charge in [0.2, 0.25) is 0 Å². The van der Waals surface area contributed by atoms with Crippen molar-refractivity contribution in [3.8, 4) is 5.75 Å². The summed E-state index contributed by atoms with van der Waals surface area (Å²) in [6.07, 6.45) is 3.91. The van der Waals surface area contributed by atoms with Gasteiger partial charge in [-0.15, -0.1) is 0 Å². The standard InChI is InChI=1S/C14H21ClN2O3/c1-3-4-5-12(8-9-16-2)20-14-10-11(17(18)19)6-7-13(14)15/h6-7,10,12,16H,3-5,8-9H2,1-2H3. The van der Waals surface area contributed by atoms with Crippen LogP contribution in [-0.2, 0) is 0 Å². The van der Waals surface area contributed by atoms with Gasteiger partial charge in [0.25, 0.3) is 5.69 Å². The predicted molar refractivity (Wildman–Crippen MR) is 80.6 cm³/mol. The number of rotatable bonds is 9. The summed E-state index contributed by atoms with van der Waals surface area (Å²) in [5.74, 6) is 0.387. The molecule has 1 aromatic rings. The van der Waals surface area contributed by atoms with Crippen LogP contribution in [0.5, 0.6) is 5.75 Å². The van der Waals surface area contributed by atoms with E-state index in [1.54, 1.807) is 0 Å². The highest BCUT2D eigenvalue weighted by Gasteiger charge is 2.15. The molecule has 0 bridgehead atoms. The molecular formula is C14H21ClN2O3. The Bertz CT molecular complexity index is 432. The summed E-state index contributed by atoms with van der Waals surface area (Å²) >= 11 is 6.05. The average molecular weight is 301 g/mol. The molecule has 1 rings (SSSR count). The molecule has 0 radical (unpaired) electrons. The summed E-state index contributed by atoms with van der Waals surface area (Å²) in [6, 6.07) is 4.27. The van der Waals surface area contributed by atoms with Crippen molar-refractivity contribution in [2.75, 3.05) is 13.6 Å². The number of hydrogen-bond donors (Lipinski definition) is 1. The lowest BCUT2D eigenvalue weighted by Crippen LogP contribution is -2.22. The van der Waals surface area contributed by atoms with Crippen LogP contribution in [-0.4, -0.2) is 24.6 Å². The molecule has 1 aromatic carbocycles. The minimum Gasteiger partial charge on any atom is -0.489 e. The van der Waals surface area contributed by atoms with Crippen LogP contribution in [0.4, 0.5) is 5.69 Å². The fraction of sp³-hybridized carbons (Fsp3) is 0.571. The second-order valence-corrected chi connectivity index (χ2v) is 5.05. The largest absolute Gasteiger partial charge is 0.489 e. The van der Waals surface area contributed by atoms with Crippen LogP contribution in [0.15, 0.2) is 18.2 Å². The zero-order valence-electron chi connectivity index (χ0n) is 11.9. The van der Waals surface area contributed by atoms with Crippen molar-refractivity contribution in [2.24, 2.45) is 0 Å². The third kappa shape index (κ3) is 5.35. The van der Waals surface area contributed by atoms with Crippen LogP contribution in [0.3, 0.4) is 0 Å². The molecule has 0 aromatic heterocycles. The maximum Gasteiger partial charge on any atom is 0.273 e. The quantitative estimate of drug-likeness (QED) is 0.556. The second-order valence-electron chi connectivity index (χ2n) is 4.65. The number of benzene rings is 1. The van der Waals surface area contributed by atoms with Gasteiger partial charge in [-0.05, 0) is 32.5 Å². The van der Waals surface area contributed by atoms with Gasteiger partial charge in [-0.25, -0.2) is 0 Å². The van der Waals surface area contributed by atoms with Gasteiger partial charge in [0.1, 0.15) is 5.75 Å². The number of nitrogens with one attached hydrogen (secondary N) is 1. The smallest absolute Gasteiger partial charge is 0.273 e. The van der Waals surface area contributed by atoms with Gasteiger partial charge in [-0.1, -0.05) is 31.4 Å². The number of halogens is 1. The number of unbranched alkanes of at least 4 members (excludes halogenated alkanes) is 1. The van der Waals surface area contributed by atoms with Gasteiger partial charge >= 0.3 is 0 Å². The molecule has 0 aliphatic carbocycles. The minimum absolute atomic E-state index is 0.00717. The van der Waals surface area contributed by atoms with E-state index in [4.69, 9.17) is 16.3 Å². The number of ether oxygens (including phenoxy) is 1. The topological polar surface area (TPSA) is 64.4 Å². The third-order valence-electron chi connectivity index (χ3n) is 3.02. The van der Waals surface area contributed by atoms with E-state index in [1.807, 2.05) is 7.05 Å². The Hall–Kier alpha value is -1.33. The van der Waals surface area contributed by atoms with Gasteiger partial charge in [0, 0.05) is 6.07 Å². The molecule has 1 atom stereocenters. The van der Waals surface area contributed by atoms with Crippen LogP contribution in [0.1, 0.15) is 32.6 Å². The Morgan fingerprint density at radius 1 is 1.45 bits per heavy atom. The Morgan fingerprint density at radius 3 is 2.80 bits per heavy atom. The van der Waals surface area contributed by atoms with Crippen molar-refractivity contribution in [1.82, 2.24) is 5.32 Å². The first-order valence-electron chi connectivity index (χ1n) is 6.83. The Morgan fingerprint density at radius 2 is 2.20 bits per heavy atom. The van der Waals surface area contributed by atoms with Gasteiger partial charge in [0.05, 0.1) is 22.1 Å². The molecule has 1 N–H and O–H groups in total. The van der Waals surface area contributed by atoms with Crippen LogP contribution in [0, 0.1) is 10.1 Å². The first-order valence-corrected chi connectivity index (χ1v) is 7.21. The molecular weight excluding hydrogens is 280 g/mol. The third-order valence-corrected chi connectivity index (χ3v) is 3.33. The van der Waals surface area contributed by atoms with E-state index in [0.29, 0.717) is 10.8 Å². The number of hydrogen-bond acceptors (Lipinski definition) is 4. The van der Waals surface area contributed by atoms with Crippen molar-refractivity contribution < 1.29 is 9.66 Å². The van der Waals surface area contributed by atoms with Gasteiger partial charge in [-0.3, -0.25) is 10.1 Å². The number of nitrogens with zero attached hydrogens (tertiary/aromatic N) is 1. The van der Waals surface area contributed by atoms with Gasteiger partial charge < -0.3 is 10.1 Å². The van der Waals surface area contributed by atoms with E-state index in [2.05, 4.69) is 12.2 Å². The van der Waals surface area contributed by atoms with E-state index >= 15 is 0 Å². The Kier molecular flexibility index (Phi) is 7.33. The van der Waals surface area contributed by atoms with Crippen LogP contribution in [0.2, 0.25) is 5.02 Å². The monoisotopic (exact) mass is 300 g/mol. The molecule has 0 fully saturated rings. The van der Waals surface area contributed by atoms with E-state index in [0.717, 1.165) is 32.2 Å². The molecule has 0 aliphatic rings. The maximum atomic E-state index is 10.8. The lowest BCUT2D eigenvalue weighted by atomic mass is 10.1. The molecule has 0 spiro atoms. The molecule has 0 amide bonds. The highest BCUT2D eigenvalue weighted by molar-refractivity contribution is 6.32. The fourth-order valence-electron chi connectivity index (χ4n) is 1.87. The zero-order chi connectivity index (χ0) is 15.0. The van der Waals surface area contributed by atoms with Crippen LogP contribution < -0.4 is 10.1 Å². The van der Waals surface area contributed by atoms with Gasteiger partial charge in [-0.2, -0.15) is 0 Å². The molecule has 0 aliphatic heterocycles. The van der Waals surface area contributed by atoms with Crippen molar-refractivity contribution in [3.63, 3.8) is 0 Å². The summed E-state index contributed by atoms with van der Waals surface area (Å²) < 4.78 is 5.86. The Balaban J connectivity index is 2.79. The zero-order valence-corrected chi connectivity index (χ0v) is 12.7. The van der Waals surface area contributed by atoms with E-state index in [9.17, 15) is 10.1 Å². The minimum atomic E-state index is -0.447. The second kappa shape index (κ2) is 8.76. The number of nitro benzene ring substituents is 1. The van der Waals surface area contributed by atoms with Crippen molar-refractivity contribution >= 4 is 17.3 Å². The normalized spacial score (nSPS) is 12.2. The molecule has 0 saturated carbocycles. The van der Waals surface area contributed by atoms with Crippen molar-refractivity contribution in [1.29, 1.82) is 0 Å². The summed E-state index contributed by atoms with van der Waals surface area (Å²) in [5.41, 5.74) is -0.00717. The number of non-ortho nitro benzene ring substituents is 1. The highest BCUT2D eigenvalue weighted by atomic mass is 35.5.